The van der Waals surface area contributed by atoms with Gasteiger partial charge in [-0.25, -0.2) is 0 Å². The van der Waals surface area contributed by atoms with Crippen molar-refractivity contribution in [1.29, 1.82) is 0 Å². The third-order valence-corrected chi connectivity index (χ3v) is 2.04. The first kappa shape index (κ1) is 14.4. The molecule has 0 spiro atoms. The highest BCUT2D eigenvalue weighted by Gasteiger charge is 2.05. The van der Waals surface area contributed by atoms with Crippen LogP contribution in [-0.2, 0) is 9.53 Å². The van der Waals surface area contributed by atoms with E-state index in [9.17, 15) is 14.9 Å². The van der Waals surface area contributed by atoms with E-state index in [0.29, 0.717) is 5.69 Å². The molecule has 0 heterocycles. The van der Waals surface area contributed by atoms with Gasteiger partial charge in [0.15, 0.2) is 0 Å². The minimum absolute atomic E-state index is 0.0194. The smallest absolute Gasteiger partial charge is 0.313 e. The summed E-state index contributed by atoms with van der Waals surface area (Å²) in [6.45, 7) is 1.97. The molecule has 0 atom stereocenters. The van der Waals surface area contributed by atoms with Gasteiger partial charge in [0.25, 0.3) is 5.69 Å². The number of ether oxygens (including phenoxy) is 1. The number of hydrazone groups is 1. The van der Waals surface area contributed by atoms with E-state index in [-0.39, 0.29) is 24.6 Å². The van der Waals surface area contributed by atoms with Crippen LogP contribution in [0.5, 0.6) is 0 Å². The summed E-state index contributed by atoms with van der Waals surface area (Å²) in [4.78, 5) is 21.0. The van der Waals surface area contributed by atoms with Gasteiger partial charge >= 0.3 is 5.97 Å². The number of nitrogens with one attached hydrogen (secondary N) is 1. The lowest BCUT2D eigenvalue weighted by Crippen LogP contribution is -2.20. The molecule has 1 aromatic rings. The maximum Gasteiger partial charge on any atom is 0.313 e. The molecule has 19 heavy (non-hydrogen) atoms. The number of rotatable bonds is 6. The van der Waals surface area contributed by atoms with Crippen LogP contribution in [-0.4, -0.2) is 23.3 Å². The van der Waals surface area contributed by atoms with Crippen molar-refractivity contribution in [3.05, 3.63) is 34.4 Å². The van der Waals surface area contributed by atoms with E-state index in [1.165, 1.54) is 24.3 Å². The number of hydrogen-bond donors (Lipinski definition) is 2. The Labute approximate surface area is 109 Å². The zero-order chi connectivity index (χ0) is 14.3. The van der Waals surface area contributed by atoms with Gasteiger partial charge in [0.1, 0.15) is 12.3 Å². The number of carbonyl (C=O) groups excluding carboxylic acids is 1. The lowest BCUT2D eigenvalue weighted by molar-refractivity contribution is -0.384. The number of benzene rings is 1. The molecule has 8 heteroatoms. The van der Waals surface area contributed by atoms with Crippen LogP contribution >= 0.6 is 0 Å². The van der Waals surface area contributed by atoms with Gasteiger partial charge in [0.05, 0.1) is 17.2 Å². The van der Waals surface area contributed by atoms with Gasteiger partial charge in [-0.1, -0.05) is 0 Å². The monoisotopic (exact) mass is 266 g/mol. The van der Waals surface area contributed by atoms with Gasteiger partial charge in [0, 0.05) is 12.1 Å². The van der Waals surface area contributed by atoms with E-state index < -0.39 is 10.9 Å². The van der Waals surface area contributed by atoms with E-state index >= 15 is 0 Å². The molecule has 1 rings (SSSR count). The van der Waals surface area contributed by atoms with Crippen molar-refractivity contribution in [2.45, 2.75) is 13.3 Å². The van der Waals surface area contributed by atoms with Crippen molar-refractivity contribution in [3.63, 3.8) is 0 Å². The highest BCUT2D eigenvalue weighted by Crippen LogP contribution is 2.15. The van der Waals surface area contributed by atoms with Crippen molar-refractivity contribution in [2.24, 2.45) is 10.8 Å². The molecule has 0 aliphatic heterocycles. The fourth-order valence-electron chi connectivity index (χ4n) is 1.19. The van der Waals surface area contributed by atoms with Crippen LogP contribution in [0.3, 0.4) is 0 Å². The van der Waals surface area contributed by atoms with Crippen LogP contribution in [0, 0.1) is 10.1 Å². The van der Waals surface area contributed by atoms with Gasteiger partial charge in [-0.3, -0.25) is 20.3 Å². The molecule has 3 N–H and O–H groups in total. The number of nitro groups is 1. The molecule has 0 aliphatic carbocycles. The average molecular weight is 266 g/mol. The molecule has 102 valence electrons. The molecule has 0 unspecified atom stereocenters. The first-order valence-electron chi connectivity index (χ1n) is 5.51. The van der Waals surface area contributed by atoms with Gasteiger partial charge in [0.2, 0.25) is 0 Å². The minimum atomic E-state index is -0.498. The number of amidine groups is 1. The molecule has 8 nitrogen and oxygen atoms in total. The number of hydrogen-bond acceptors (Lipinski definition) is 6. The Morgan fingerprint density at radius 1 is 1.47 bits per heavy atom. The molecule has 0 radical (unpaired) electrons. The van der Waals surface area contributed by atoms with Gasteiger partial charge in [-0.05, 0) is 19.1 Å². The van der Waals surface area contributed by atoms with Crippen LogP contribution in [0.25, 0.3) is 0 Å². The average Bonchev–Trinajstić information content (AvgIpc) is 2.37. The quantitative estimate of drug-likeness (QED) is 0.263. The van der Waals surface area contributed by atoms with E-state index in [4.69, 9.17) is 10.5 Å². The molecule has 0 bridgehead atoms. The van der Waals surface area contributed by atoms with Crippen molar-refractivity contribution in [2.75, 3.05) is 12.0 Å². The lowest BCUT2D eigenvalue weighted by atomic mass is 10.3. The second kappa shape index (κ2) is 6.94. The predicted molar refractivity (Wildman–Crippen MR) is 69.6 cm³/mol. The summed E-state index contributed by atoms with van der Waals surface area (Å²) in [6.07, 6.45) is -0.117. The van der Waals surface area contributed by atoms with Crippen molar-refractivity contribution >= 4 is 23.2 Å². The summed E-state index contributed by atoms with van der Waals surface area (Å²) in [5.41, 5.74) is 8.61. The third kappa shape index (κ3) is 5.02. The van der Waals surface area contributed by atoms with Crippen molar-refractivity contribution in [1.82, 2.24) is 0 Å². The maximum absolute atomic E-state index is 11.1. The molecular weight excluding hydrogens is 252 g/mol. The fourth-order valence-corrected chi connectivity index (χ4v) is 1.19. The molecule has 0 fully saturated rings. The minimum Gasteiger partial charge on any atom is -0.466 e. The molecule has 0 saturated heterocycles. The van der Waals surface area contributed by atoms with Crippen LogP contribution in [0.4, 0.5) is 11.4 Å². The maximum atomic E-state index is 11.1. The normalized spacial score (nSPS) is 10.9. The number of esters is 1. The Bertz CT molecular complexity index is 484. The third-order valence-electron chi connectivity index (χ3n) is 2.04. The molecule has 0 aliphatic rings. The Morgan fingerprint density at radius 3 is 2.63 bits per heavy atom. The van der Waals surface area contributed by atoms with Crippen molar-refractivity contribution in [3.8, 4) is 0 Å². The van der Waals surface area contributed by atoms with Gasteiger partial charge < -0.3 is 10.5 Å². The topological polar surface area (TPSA) is 120 Å². The molecular formula is C11H14N4O4. The highest BCUT2D eigenvalue weighted by molar-refractivity contribution is 5.96. The summed E-state index contributed by atoms with van der Waals surface area (Å²) < 4.78 is 4.70. The van der Waals surface area contributed by atoms with Crippen LogP contribution < -0.4 is 11.2 Å². The fraction of sp³-hybridized carbons (Fsp3) is 0.273. The van der Waals surface area contributed by atoms with Gasteiger partial charge in [-0.2, -0.15) is 5.10 Å². The number of nitrogens with two attached hydrogens (primary N) is 1. The molecule has 1 aromatic carbocycles. The van der Waals surface area contributed by atoms with Crippen LogP contribution in [0.2, 0.25) is 0 Å². The standard InChI is InChI=1S/C11H14N4O4/c1-2-19-11(16)7-10(12)14-13-8-3-5-9(6-4-8)15(17)18/h3-6,13H,2,7H2,1H3,(H2,12,14). The van der Waals surface area contributed by atoms with E-state index in [2.05, 4.69) is 10.5 Å². The number of non-ortho nitro benzene ring substituents is 1. The van der Waals surface area contributed by atoms with Crippen LogP contribution in [0.1, 0.15) is 13.3 Å². The summed E-state index contributed by atoms with van der Waals surface area (Å²) >= 11 is 0. The Balaban J connectivity index is 2.55. The SMILES string of the molecule is CCOC(=O)C/C(N)=N\Nc1ccc([N+](=O)[O-])cc1. The van der Waals surface area contributed by atoms with Crippen LogP contribution in [0.15, 0.2) is 29.4 Å². The number of anilines is 1. The van der Waals surface area contributed by atoms with E-state index in [1.807, 2.05) is 0 Å². The Hall–Kier alpha value is -2.64. The zero-order valence-corrected chi connectivity index (χ0v) is 10.3. The molecule has 0 saturated carbocycles. The largest absolute Gasteiger partial charge is 0.466 e. The van der Waals surface area contributed by atoms with Gasteiger partial charge in [-0.15, -0.1) is 0 Å². The number of carbonyl (C=O) groups is 1. The predicted octanol–water partition coefficient (Wildman–Crippen LogP) is 1.23. The zero-order valence-electron chi connectivity index (χ0n) is 10.3. The molecule has 0 aromatic heterocycles. The lowest BCUT2D eigenvalue weighted by Gasteiger charge is -2.03. The first-order valence-corrected chi connectivity index (χ1v) is 5.51. The highest BCUT2D eigenvalue weighted by atomic mass is 16.6. The number of nitrogens with zero attached hydrogens (tertiary/aromatic N) is 2. The Kier molecular flexibility index (Phi) is 5.27. The first-order chi connectivity index (χ1) is 9.02. The number of nitro benzene ring substituents is 1. The second-order valence-corrected chi connectivity index (χ2v) is 3.50. The Morgan fingerprint density at radius 2 is 2.11 bits per heavy atom. The molecule has 0 amide bonds. The second-order valence-electron chi connectivity index (χ2n) is 3.50. The van der Waals surface area contributed by atoms with E-state index in [1.54, 1.807) is 6.92 Å². The summed E-state index contributed by atoms with van der Waals surface area (Å²) in [5, 5.41) is 14.2. The summed E-state index contributed by atoms with van der Waals surface area (Å²) in [7, 11) is 0. The summed E-state index contributed by atoms with van der Waals surface area (Å²) in [5.74, 6) is -0.397. The summed E-state index contributed by atoms with van der Waals surface area (Å²) in [6, 6.07) is 5.64. The van der Waals surface area contributed by atoms with Crippen molar-refractivity contribution < 1.29 is 14.5 Å². The van der Waals surface area contributed by atoms with E-state index in [0.717, 1.165) is 0 Å².